The molecule has 0 aliphatic heterocycles. The highest BCUT2D eigenvalue weighted by atomic mass is 16.4. The molecule has 31 heavy (non-hydrogen) atoms. The number of carboxylic acids is 1. The molecule has 3 N–H and O–H groups in total. The Labute approximate surface area is 195 Å². The van der Waals surface area contributed by atoms with Crippen LogP contribution < -0.4 is 5.73 Å². The molecule has 0 unspecified atom stereocenters. The van der Waals surface area contributed by atoms with Crippen LogP contribution in [0.2, 0.25) is 0 Å². The highest BCUT2D eigenvalue weighted by Crippen LogP contribution is 2.15. The van der Waals surface area contributed by atoms with Crippen molar-refractivity contribution >= 4 is 5.97 Å². The molecule has 0 aromatic carbocycles. The molecule has 186 valence electrons. The molecule has 3 nitrogen and oxygen atoms in total. The summed E-state index contributed by atoms with van der Waals surface area (Å²) in [6, 6.07) is 0. The number of hydrogen-bond donors (Lipinski definition) is 2. The predicted molar refractivity (Wildman–Crippen MR) is 137 cm³/mol. The Hall–Kier alpha value is -0.570. The predicted octanol–water partition coefficient (Wildman–Crippen LogP) is 9.17. The lowest BCUT2D eigenvalue weighted by Gasteiger charge is -2.04. The van der Waals surface area contributed by atoms with E-state index in [4.69, 9.17) is 10.8 Å². The number of carbonyl (C=O) groups is 1. The zero-order valence-corrected chi connectivity index (χ0v) is 21.0. The van der Waals surface area contributed by atoms with Crippen LogP contribution in [0.3, 0.4) is 0 Å². The smallest absolute Gasteiger partial charge is 0.303 e. The lowest BCUT2D eigenvalue weighted by Crippen LogP contribution is -1.97. The van der Waals surface area contributed by atoms with Crippen LogP contribution in [0, 0.1) is 0 Å². The van der Waals surface area contributed by atoms with Crippen LogP contribution in [0.4, 0.5) is 0 Å². The van der Waals surface area contributed by atoms with Crippen LogP contribution >= 0.6 is 0 Å². The maximum absolute atomic E-state index is 10.4. The summed E-state index contributed by atoms with van der Waals surface area (Å²) >= 11 is 0. The minimum absolute atomic E-state index is 0.344. The first-order valence-corrected chi connectivity index (χ1v) is 14.2. The second-order valence-electron chi connectivity index (χ2n) is 9.77. The van der Waals surface area contributed by atoms with E-state index in [0.29, 0.717) is 6.42 Å². The van der Waals surface area contributed by atoms with Gasteiger partial charge in [0.2, 0.25) is 0 Å². The van der Waals surface area contributed by atoms with Gasteiger partial charge in [-0.1, -0.05) is 148 Å². The van der Waals surface area contributed by atoms with Gasteiger partial charge in [0.1, 0.15) is 0 Å². The third-order valence-electron chi connectivity index (χ3n) is 6.59. The van der Waals surface area contributed by atoms with Gasteiger partial charge in [-0.15, -0.1) is 0 Å². The maximum atomic E-state index is 10.4. The Kier molecular flexibility index (Phi) is 27.0. The quantitative estimate of drug-likeness (QED) is 0.125. The number of nitrogens with two attached hydrogens (primary N) is 1. The minimum atomic E-state index is -0.651. The van der Waals surface area contributed by atoms with Crippen LogP contribution in [-0.4, -0.2) is 17.6 Å². The standard InChI is InChI=1S/C28H57NO2/c29-27-25-23-21-19-17-15-13-11-9-7-5-3-1-2-4-6-8-10-12-14-16-18-20-22-24-26-28(30)31/h1-27,29H2,(H,30,31). The van der Waals surface area contributed by atoms with Gasteiger partial charge < -0.3 is 10.8 Å². The Bertz CT molecular complexity index is 346. The van der Waals surface area contributed by atoms with E-state index in [1.807, 2.05) is 0 Å². The average Bonchev–Trinajstić information content (AvgIpc) is 2.76. The summed E-state index contributed by atoms with van der Waals surface area (Å²) in [5.41, 5.74) is 5.52. The van der Waals surface area contributed by atoms with Crippen LogP contribution in [-0.2, 0) is 4.79 Å². The van der Waals surface area contributed by atoms with Crippen molar-refractivity contribution in [3.8, 4) is 0 Å². The van der Waals surface area contributed by atoms with Crippen LogP contribution in [0.25, 0.3) is 0 Å². The minimum Gasteiger partial charge on any atom is -0.481 e. The molecule has 0 radical (unpaired) electrons. The summed E-state index contributed by atoms with van der Waals surface area (Å²) in [7, 11) is 0. The number of hydrogen-bond acceptors (Lipinski definition) is 2. The fourth-order valence-corrected chi connectivity index (χ4v) is 4.49. The summed E-state index contributed by atoms with van der Waals surface area (Å²) in [6.07, 6.45) is 34.4. The van der Waals surface area contributed by atoms with E-state index in [0.717, 1.165) is 19.4 Å². The maximum Gasteiger partial charge on any atom is 0.303 e. The number of rotatable bonds is 27. The summed E-state index contributed by atoms with van der Waals surface area (Å²) in [5, 5.41) is 8.60. The zero-order valence-electron chi connectivity index (χ0n) is 21.0. The lowest BCUT2D eigenvalue weighted by molar-refractivity contribution is -0.137. The fraction of sp³-hybridized carbons (Fsp3) is 0.964. The van der Waals surface area contributed by atoms with Gasteiger partial charge in [-0.2, -0.15) is 0 Å². The Morgan fingerprint density at radius 2 is 0.581 bits per heavy atom. The largest absolute Gasteiger partial charge is 0.481 e. The van der Waals surface area contributed by atoms with Crippen molar-refractivity contribution in [1.82, 2.24) is 0 Å². The second kappa shape index (κ2) is 27.5. The van der Waals surface area contributed by atoms with Crippen molar-refractivity contribution in [1.29, 1.82) is 0 Å². The first kappa shape index (κ1) is 30.4. The average molecular weight is 440 g/mol. The Morgan fingerprint density at radius 1 is 0.387 bits per heavy atom. The van der Waals surface area contributed by atoms with Crippen molar-refractivity contribution in [3.05, 3.63) is 0 Å². The molecule has 0 spiro atoms. The lowest BCUT2D eigenvalue weighted by atomic mass is 10.0. The second-order valence-corrected chi connectivity index (χ2v) is 9.77. The molecule has 0 aliphatic rings. The fourth-order valence-electron chi connectivity index (χ4n) is 4.49. The normalized spacial score (nSPS) is 11.3. The van der Waals surface area contributed by atoms with E-state index in [1.54, 1.807) is 0 Å². The molecule has 3 heteroatoms. The van der Waals surface area contributed by atoms with Gasteiger partial charge in [-0.05, 0) is 19.4 Å². The first-order valence-electron chi connectivity index (χ1n) is 14.2. The number of unbranched alkanes of at least 4 members (excludes halogenated alkanes) is 24. The molecule has 0 bridgehead atoms. The van der Waals surface area contributed by atoms with Crippen LogP contribution in [0.5, 0.6) is 0 Å². The van der Waals surface area contributed by atoms with Gasteiger partial charge in [0, 0.05) is 6.42 Å². The van der Waals surface area contributed by atoms with Crippen molar-refractivity contribution in [2.45, 2.75) is 167 Å². The molecular weight excluding hydrogens is 382 g/mol. The van der Waals surface area contributed by atoms with Gasteiger partial charge >= 0.3 is 5.97 Å². The van der Waals surface area contributed by atoms with E-state index in [9.17, 15) is 4.79 Å². The summed E-state index contributed by atoms with van der Waals surface area (Å²) in [5.74, 6) is -0.651. The monoisotopic (exact) mass is 439 g/mol. The summed E-state index contributed by atoms with van der Waals surface area (Å²) in [4.78, 5) is 10.4. The van der Waals surface area contributed by atoms with Crippen molar-refractivity contribution in [2.24, 2.45) is 5.73 Å². The summed E-state index contributed by atoms with van der Waals surface area (Å²) in [6.45, 7) is 0.863. The van der Waals surface area contributed by atoms with Gasteiger partial charge in [-0.25, -0.2) is 0 Å². The van der Waals surface area contributed by atoms with Gasteiger partial charge in [0.15, 0.2) is 0 Å². The van der Waals surface area contributed by atoms with Crippen molar-refractivity contribution in [2.75, 3.05) is 6.54 Å². The molecular formula is C28H57NO2. The van der Waals surface area contributed by atoms with E-state index >= 15 is 0 Å². The number of carboxylic acid groups (broad SMARTS) is 1. The summed E-state index contributed by atoms with van der Waals surface area (Å²) < 4.78 is 0. The van der Waals surface area contributed by atoms with Crippen LogP contribution in [0.15, 0.2) is 0 Å². The molecule has 0 saturated heterocycles. The molecule has 0 aliphatic carbocycles. The number of aliphatic carboxylic acids is 1. The zero-order chi connectivity index (χ0) is 22.7. The third kappa shape index (κ3) is 29.4. The van der Waals surface area contributed by atoms with Crippen molar-refractivity contribution in [3.63, 3.8) is 0 Å². The van der Waals surface area contributed by atoms with Gasteiger partial charge in [-0.3, -0.25) is 4.79 Å². The molecule has 0 aromatic rings. The van der Waals surface area contributed by atoms with Gasteiger partial charge in [0.25, 0.3) is 0 Å². The van der Waals surface area contributed by atoms with Crippen molar-refractivity contribution < 1.29 is 9.90 Å². The molecule has 0 atom stereocenters. The van der Waals surface area contributed by atoms with E-state index in [2.05, 4.69) is 0 Å². The molecule has 0 saturated carbocycles. The Morgan fingerprint density at radius 3 is 0.774 bits per heavy atom. The SMILES string of the molecule is NCCCCCCCCCCCCCCCCCCCCCCCCCCCC(=O)O. The molecule has 0 aromatic heterocycles. The highest BCUT2D eigenvalue weighted by Gasteiger charge is 1.98. The van der Waals surface area contributed by atoms with E-state index in [-0.39, 0.29) is 0 Å². The third-order valence-corrected chi connectivity index (χ3v) is 6.59. The molecule has 0 fully saturated rings. The first-order chi connectivity index (χ1) is 15.3. The van der Waals surface area contributed by atoms with E-state index < -0.39 is 5.97 Å². The topological polar surface area (TPSA) is 63.3 Å². The van der Waals surface area contributed by atoms with Gasteiger partial charge in [0.05, 0.1) is 0 Å². The van der Waals surface area contributed by atoms with Crippen LogP contribution in [0.1, 0.15) is 167 Å². The highest BCUT2D eigenvalue weighted by molar-refractivity contribution is 5.66. The molecule has 0 rings (SSSR count). The van der Waals surface area contributed by atoms with E-state index in [1.165, 1.54) is 148 Å². The molecule has 0 heterocycles. The Balaban J connectivity index is 3.00. The molecule has 0 amide bonds.